The first-order valence-corrected chi connectivity index (χ1v) is 8.76. The molecule has 1 fully saturated rings. The minimum absolute atomic E-state index is 0.0694. The molecule has 1 heterocycles. The molecular formula is C16H18F2N4O2S. The highest BCUT2D eigenvalue weighted by atomic mass is 32.2. The van der Waals surface area contributed by atoms with Crippen LogP contribution in [0, 0.1) is 6.92 Å². The quantitative estimate of drug-likeness (QED) is 0.756. The number of alkyl halides is 2. The average molecular weight is 368 g/mol. The van der Waals surface area contributed by atoms with Gasteiger partial charge in [0.1, 0.15) is 11.6 Å². The topological polar surface area (TPSA) is 69.0 Å². The Morgan fingerprint density at radius 3 is 2.76 bits per heavy atom. The van der Waals surface area contributed by atoms with Gasteiger partial charge in [0.05, 0.1) is 10.9 Å². The number of carbonyl (C=O) groups is 1. The molecular weight excluding hydrogens is 350 g/mol. The van der Waals surface area contributed by atoms with Crippen LogP contribution in [0.4, 0.5) is 14.5 Å². The number of halogens is 2. The van der Waals surface area contributed by atoms with E-state index in [1.807, 2.05) is 11.5 Å². The number of hydrogen-bond acceptors (Lipinski definition) is 5. The number of ether oxygens (including phenoxy) is 1. The Labute approximate surface area is 148 Å². The van der Waals surface area contributed by atoms with Crippen LogP contribution in [0.5, 0.6) is 5.75 Å². The Balaban J connectivity index is 1.68. The number of anilines is 1. The fraction of sp³-hybridized carbons (Fsp3) is 0.438. The normalized spacial score (nSPS) is 15.2. The standard InChI is InChI=1S/C16H18F2N4O2S/c1-9(25-16-21-20-10(2)22(16)11-7-8-11)14(23)19-12-5-3-4-6-13(12)24-15(17)18/h3-6,9,11,15H,7-8H2,1-2H3,(H,19,23)/t9-/m1/s1. The molecule has 25 heavy (non-hydrogen) atoms. The summed E-state index contributed by atoms with van der Waals surface area (Å²) in [5.74, 6) is 0.437. The summed E-state index contributed by atoms with van der Waals surface area (Å²) in [4.78, 5) is 12.4. The molecule has 134 valence electrons. The van der Waals surface area contributed by atoms with Crippen LogP contribution in [-0.2, 0) is 4.79 Å². The first kappa shape index (κ1) is 17.7. The molecule has 1 atom stereocenters. The molecule has 2 aromatic rings. The second-order valence-corrected chi connectivity index (χ2v) is 7.06. The van der Waals surface area contributed by atoms with Crippen LogP contribution in [0.15, 0.2) is 29.4 Å². The SMILES string of the molecule is Cc1nnc(S[C@H](C)C(=O)Nc2ccccc2OC(F)F)n1C1CC1. The van der Waals surface area contributed by atoms with Gasteiger partial charge in [-0.05, 0) is 38.8 Å². The van der Waals surface area contributed by atoms with Crippen molar-refractivity contribution in [3.05, 3.63) is 30.1 Å². The zero-order chi connectivity index (χ0) is 18.0. The molecule has 0 bridgehead atoms. The van der Waals surface area contributed by atoms with E-state index in [0.717, 1.165) is 18.7 Å². The van der Waals surface area contributed by atoms with E-state index >= 15 is 0 Å². The number of nitrogens with zero attached hydrogens (tertiary/aromatic N) is 3. The van der Waals surface area contributed by atoms with Crippen molar-refractivity contribution in [3.8, 4) is 5.75 Å². The van der Waals surface area contributed by atoms with E-state index in [-0.39, 0.29) is 17.3 Å². The average Bonchev–Trinajstić information content (AvgIpc) is 3.33. The van der Waals surface area contributed by atoms with Crippen molar-refractivity contribution in [1.82, 2.24) is 14.8 Å². The molecule has 1 saturated carbocycles. The molecule has 1 aromatic carbocycles. The smallest absolute Gasteiger partial charge is 0.387 e. The van der Waals surface area contributed by atoms with Gasteiger partial charge in [0.2, 0.25) is 5.91 Å². The number of rotatable bonds is 7. The molecule has 3 rings (SSSR count). The number of aromatic nitrogens is 3. The third kappa shape index (κ3) is 4.28. The Hall–Kier alpha value is -2.16. The number of thioether (sulfide) groups is 1. The lowest BCUT2D eigenvalue weighted by Gasteiger charge is -2.15. The number of carbonyl (C=O) groups excluding carboxylic acids is 1. The second-order valence-electron chi connectivity index (χ2n) is 5.75. The third-order valence-electron chi connectivity index (χ3n) is 3.76. The molecule has 0 saturated heterocycles. The summed E-state index contributed by atoms with van der Waals surface area (Å²) in [5.41, 5.74) is 0.208. The summed E-state index contributed by atoms with van der Waals surface area (Å²) in [7, 11) is 0. The molecule has 1 amide bonds. The van der Waals surface area contributed by atoms with E-state index in [2.05, 4.69) is 20.3 Å². The molecule has 1 N–H and O–H groups in total. The van der Waals surface area contributed by atoms with Crippen molar-refractivity contribution in [1.29, 1.82) is 0 Å². The summed E-state index contributed by atoms with van der Waals surface area (Å²) < 4.78 is 31.4. The van der Waals surface area contributed by atoms with Gasteiger partial charge in [-0.25, -0.2) is 0 Å². The van der Waals surface area contributed by atoms with Crippen LogP contribution in [0.1, 0.15) is 31.6 Å². The Morgan fingerprint density at radius 1 is 1.36 bits per heavy atom. The first-order chi connectivity index (χ1) is 12.0. The van der Waals surface area contributed by atoms with Crippen LogP contribution in [0.25, 0.3) is 0 Å². The Kier molecular flexibility index (Phi) is 5.22. The summed E-state index contributed by atoms with van der Waals surface area (Å²) >= 11 is 1.29. The van der Waals surface area contributed by atoms with Crippen LogP contribution in [0.3, 0.4) is 0 Å². The highest BCUT2D eigenvalue weighted by Gasteiger charge is 2.30. The molecule has 0 radical (unpaired) electrons. The number of nitrogens with one attached hydrogen (secondary N) is 1. The predicted molar refractivity (Wildman–Crippen MR) is 90.1 cm³/mol. The van der Waals surface area contributed by atoms with E-state index in [9.17, 15) is 13.6 Å². The predicted octanol–water partition coefficient (Wildman–Crippen LogP) is 3.64. The zero-order valence-corrected chi connectivity index (χ0v) is 14.6. The Morgan fingerprint density at radius 2 is 2.08 bits per heavy atom. The van der Waals surface area contributed by atoms with Crippen LogP contribution in [-0.4, -0.2) is 32.5 Å². The maximum absolute atomic E-state index is 12.5. The molecule has 1 aliphatic rings. The highest BCUT2D eigenvalue weighted by molar-refractivity contribution is 8.00. The van der Waals surface area contributed by atoms with Crippen LogP contribution in [0.2, 0.25) is 0 Å². The molecule has 1 aromatic heterocycles. The summed E-state index contributed by atoms with van der Waals surface area (Å²) in [6, 6.07) is 6.51. The summed E-state index contributed by atoms with van der Waals surface area (Å²) in [6.07, 6.45) is 2.18. The second kappa shape index (κ2) is 7.38. The zero-order valence-electron chi connectivity index (χ0n) is 13.8. The van der Waals surface area contributed by atoms with Crippen molar-refractivity contribution in [3.63, 3.8) is 0 Å². The lowest BCUT2D eigenvalue weighted by atomic mass is 10.3. The van der Waals surface area contributed by atoms with E-state index in [0.29, 0.717) is 11.2 Å². The van der Waals surface area contributed by atoms with Gasteiger partial charge < -0.3 is 14.6 Å². The van der Waals surface area contributed by atoms with Gasteiger partial charge in [0, 0.05) is 6.04 Å². The maximum atomic E-state index is 12.5. The van der Waals surface area contributed by atoms with Gasteiger partial charge in [-0.3, -0.25) is 4.79 Å². The third-order valence-corrected chi connectivity index (χ3v) is 4.82. The van der Waals surface area contributed by atoms with Gasteiger partial charge in [0.25, 0.3) is 0 Å². The largest absolute Gasteiger partial charge is 0.433 e. The number of amides is 1. The van der Waals surface area contributed by atoms with Gasteiger partial charge in [-0.15, -0.1) is 10.2 Å². The number of aryl methyl sites for hydroxylation is 1. The van der Waals surface area contributed by atoms with Crippen LogP contribution >= 0.6 is 11.8 Å². The van der Waals surface area contributed by atoms with E-state index < -0.39 is 11.9 Å². The van der Waals surface area contributed by atoms with E-state index in [1.165, 1.54) is 23.9 Å². The summed E-state index contributed by atoms with van der Waals surface area (Å²) in [6.45, 7) is 0.667. The van der Waals surface area contributed by atoms with E-state index in [1.54, 1.807) is 19.1 Å². The van der Waals surface area contributed by atoms with Gasteiger partial charge in [-0.1, -0.05) is 23.9 Å². The lowest BCUT2D eigenvalue weighted by Crippen LogP contribution is -2.23. The first-order valence-electron chi connectivity index (χ1n) is 7.88. The number of benzene rings is 1. The monoisotopic (exact) mass is 368 g/mol. The maximum Gasteiger partial charge on any atom is 0.387 e. The van der Waals surface area contributed by atoms with Crippen molar-refractivity contribution in [2.75, 3.05) is 5.32 Å². The van der Waals surface area contributed by atoms with Crippen molar-refractivity contribution < 1.29 is 18.3 Å². The minimum Gasteiger partial charge on any atom is -0.433 e. The number of hydrogen-bond donors (Lipinski definition) is 1. The summed E-state index contributed by atoms with van der Waals surface area (Å²) in [5, 5.41) is 11.1. The lowest BCUT2D eigenvalue weighted by molar-refractivity contribution is -0.115. The fourth-order valence-electron chi connectivity index (χ4n) is 2.40. The molecule has 6 nitrogen and oxygen atoms in total. The van der Waals surface area contributed by atoms with Crippen molar-refractivity contribution in [2.45, 2.75) is 49.7 Å². The fourth-order valence-corrected chi connectivity index (χ4v) is 3.36. The molecule has 0 spiro atoms. The van der Waals surface area contributed by atoms with Crippen molar-refractivity contribution >= 4 is 23.4 Å². The van der Waals surface area contributed by atoms with E-state index in [4.69, 9.17) is 0 Å². The molecule has 0 aliphatic heterocycles. The van der Waals surface area contributed by atoms with Gasteiger partial charge in [-0.2, -0.15) is 8.78 Å². The van der Waals surface area contributed by atoms with Crippen molar-refractivity contribution in [2.24, 2.45) is 0 Å². The molecule has 9 heteroatoms. The van der Waals surface area contributed by atoms with Gasteiger partial charge in [0.15, 0.2) is 5.16 Å². The van der Waals surface area contributed by atoms with Gasteiger partial charge >= 0.3 is 6.61 Å². The number of para-hydroxylation sites is 2. The molecule has 0 unspecified atom stereocenters. The van der Waals surface area contributed by atoms with Crippen LogP contribution < -0.4 is 10.1 Å². The minimum atomic E-state index is -2.95. The highest BCUT2D eigenvalue weighted by Crippen LogP contribution is 2.39. The molecule has 1 aliphatic carbocycles. The Bertz CT molecular complexity index is 764.